The predicted molar refractivity (Wildman–Crippen MR) is 63.1 cm³/mol. The minimum atomic E-state index is -0.124. The molecule has 0 amide bonds. The van der Waals surface area contributed by atoms with Gasteiger partial charge in [-0.15, -0.1) is 0 Å². The van der Waals surface area contributed by atoms with E-state index in [1.165, 1.54) is 5.56 Å². The van der Waals surface area contributed by atoms with E-state index in [-0.39, 0.29) is 12.3 Å². The SMILES string of the molecule is CCc1ccc(C(N)CC2OCCO2)cc1. The number of ether oxygens (including phenoxy) is 2. The Bertz CT molecular complexity index is 317. The molecule has 1 aromatic carbocycles. The van der Waals surface area contributed by atoms with Crippen LogP contribution in [0.4, 0.5) is 0 Å². The molecule has 2 N–H and O–H groups in total. The number of rotatable bonds is 4. The van der Waals surface area contributed by atoms with E-state index in [1.807, 2.05) is 0 Å². The van der Waals surface area contributed by atoms with Gasteiger partial charge in [-0.1, -0.05) is 31.2 Å². The molecule has 1 fully saturated rings. The van der Waals surface area contributed by atoms with Crippen LogP contribution in [0.3, 0.4) is 0 Å². The fraction of sp³-hybridized carbons (Fsp3) is 0.538. The molecule has 1 aliphatic rings. The molecular weight excluding hydrogens is 202 g/mol. The zero-order valence-electron chi connectivity index (χ0n) is 9.69. The van der Waals surface area contributed by atoms with E-state index in [1.54, 1.807) is 0 Å². The van der Waals surface area contributed by atoms with Crippen LogP contribution in [0.2, 0.25) is 0 Å². The smallest absolute Gasteiger partial charge is 0.159 e. The van der Waals surface area contributed by atoms with Crippen LogP contribution in [0, 0.1) is 0 Å². The molecule has 2 rings (SSSR count). The summed E-state index contributed by atoms with van der Waals surface area (Å²) in [6.07, 6.45) is 1.66. The Morgan fingerprint density at radius 1 is 1.25 bits per heavy atom. The molecule has 3 nitrogen and oxygen atoms in total. The molecule has 1 atom stereocenters. The number of nitrogens with two attached hydrogens (primary N) is 1. The van der Waals surface area contributed by atoms with Gasteiger partial charge in [0, 0.05) is 12.5 Å². The molecule has 0 spiro atoms. The number of benzene rings is 1. The molecule has 1 unspecified atom stereocenters. The van der Waals surface area contributed by atoms with Crippen LogP contribution < -0.4 is 5.73 Å². The lowest BCUT2D eigenvalue weighted by atomic mass is 10.0. The summed E-state index contributed by atoms with van der Waals surface area (Å²) in [5, 5.41) is 0. The van der Waals surface area contributed by atoms with Crippen LogP contribution in [0.5, 0.6) is 0 Å². The summed E-state index contributed by atoms with van der Waals surface area (Å²) in [6, 6.07) is 8.45. The van der Waals surface area contributed by atoms with Gasteiger partial charge in [0.05, 0.1) is 13.2 Å². The van der Waals surface area contributed by atoms with Crippen LogP contribution in [0.25, 0.3) is 0 Å². The normalized spacial score (nSPS) is 18.9. The van der Waals surface area contributed by atoms with Gasteiger partial charge in [0.15, 0.2) is 6.29 Å². The Kier molecular flexibility index (Phi) is 3.93. The van der Waals surface area contributed by atoms with Crippen molar-refractivity contribution in [2.45, 2.75) is 32.1 Å². The molecule has 16 heavy (non-hydrogen) atoms. The summed E-state index contributed by atoms with van der Waals surface area (Å²) >= 11 is 0. The Hall–Kier alpha value is -0.900. The average Bonchev–Trinajstić information content (AvgIpc) is 2.82. The summed E-state index contributed by atoms with van der Waals surface area (Å²) in [6.45, 7) is 3.52. The third-order valence-corrected chi connectivity index (χ3v) is 2.95. The van der Waals surface area contributed by atoms with E-state index in [2.05, 4.69) is 31.2 Å². The zero-order valence-corrected chi connectivity index (χ0v) is 9.69. The summed E-state index contributed by atoms with van der Waals surface area (Å²) in [5.74, 6) is 0. The maximum atomic E-state index is 6.11. The van der Waals surface area contributed by atoms with Gasteiger partial charge in [0.1, 0.15) is 0 Å². The third kappa shape index (κ3) is 2.82. The van der Waals surface area contributed by atoms with E-state index in [9.17, 15) is 0 Å². The first kappa shape index (κ1) is 11.6. The second kappa shape index (κ2) is 5.43. The lowest BCUT2D eigenvalue weighted by Crippen LogP contribution is -2.19. The van der Waals surface area contributed by atoms with Gasteiger partial charge in [0.2, 0.25) is 0 Å². The second-order valence-electron chi connectivity index (χ2n) is 4.11. The van der Waals surface area contributed by atoms with E-state index in [4.69, 9.17) is 15.2 Å². The molecule has 0 saturated carbocycles. The van der Waals surface area contributed by atoms with Crippen molar-refractivity contribution in [2.24, 2.45) is 5.73 Å². The van der Waals surface area contributed by atoms with Crippen LogP contribution in [0.1, 0.15) is 30.5 Å². The Balaban J connectivity index is 1.94. The van der Waals surface area contributed by atoms with Gasteiger partial charge >= 0.3 is 0 Å². The molecule has 0 aliphatic carbocycles. The first-order chi connectivity index (χ1) is 7.79. The van der Waals surface area contributed by atoms with E-state index in [0.29, 0.717) is 13.2 Å². The topological polar surface area (TPSA) is 44.5 Å². The van der Waals surface area contributed by atoms with Crippen molar-refractivity contribution in [3.05, 3.63) is 35.4 Å². The molecular formula is C13H19NO2. The van der Waals surface area contributed by atoms with Crippen molar-refractivity contribution in [1.82, 2.24) is 0 Å². The quantitative estimate of drug-likeness (QED) is 0.846. The van der Waals surface area contributed by atoms with Gasteiger partial charge in [-0.05, 0) is 17.5 Å². The second-order valence-corrected chi connectivity index (χ2v) is 4.11. The third-order valence-electron chi connectivity index (χ3n) is 2.95. The van der Waals surface area contributed by atoms with Gasteiger partial charge in [-0.3, -0.25) is 0 Å². The molecule has 0 bridgehead atoms. The number of hydrogen-bond acceptors (Lipinski definition) is 3. The Morgan fingerprint density at radius 2 is 1.88 bits per heavy atom. The van der Waals surface area contributed by atoms with Gasteiger partial charge in [-0.25, -0.2) is 0 Å². The fourth-order valence-corrected chi connectivity index (χ4v) is 1.89. The fourth-order valence-electron chi connectivity index (χ4n) is 1.89. The van der Waals surface area contributed by atoms with Gasteiger partial charge < -0.3 is 15.2 Å². The maximum absolute atomic E-state index is 6.11. The van der Waals surface area contributed by atoms with E-state index < -0.39 is 0 Å². The zero-order chi connectivity index (χ0) is 11.4. The molecule has 1 aromatic rings. The van der Waals surface area contributed by atoms with Crippen LogP contribution >= 0.6 is 0 Å². The summed E-state index contributed by atoms with van der Waals surface area (Å²) in [5.41, 5.74) is 8.59. The monoisotopic (exact) mass is 221 g/mol. The summed E-state index contributed by atoms with van der Waals surface area (Å²) in [7, 11) is 0. The predicted octanol–water partition coefficient (Wildman–Crippen LogP) is 2.01. The molecule has 88 valence electrons. The lowest BCUT2D eigenvalue weighted by Gasteiger charge is -2.16. The lowest BCUT2D eigenvalue weighted by molar-refractivity contribution is -0.0507. The minimum Gasteiger partial charge on any atom is -0.350 e. The first-order valence-corrected chi connectivity index (χ1v) is 5.87. The Morgan fingerprint density at radius 3 is 2.44 bits per heavy atom. The van der Waals surface area contributed by atoms with E-state index in [0.717, 1.165) is 18.4 Å². The summed E-state index contributed by atoms with van der Waals surface area (Å²) in [4.78, 5) is 0. The minimum absolute atomic E-state index is 0.00555. The largest absolute Gasteiger partial charge is 0.350 e. The van der Waals surface area contributed by atoms with Gasteiger partial charge in [0.25, 0.3) is 0 Å². The average molecular weight is 221 g/mol. The van der Waals surface area contributed by atoms with Crippen molar-refractivity contribution in [1.29, 1.82) is 0 Å². The highest BCUT2D eigenvalue weighted by Crippen LogP contribution is 2.20. The van der Waals surface area contributed by atoms with Crippen LogP contribution in [-0.2, 0) is 15.9 Å². The number of hydrogen-bond donors (Lipinski definition) is 1. The molecule has 1 aliphatic heterocycles. The molecule has 0 radical (unpaired) electrons. The van der Waals surface area contributed by atoms with Crippen molar-refractivity contribution in [3.8, 4) is 0 Å². The molecule has 1 saturated heterocycles. The molecule has 1 heterocycles. The Labute approximate surface area is 96.5 Å². The van der Waals surface area contributed by atoms with Crippen LogP contribution in [0.15, 0.2) is 24.3 Å². The van der Waals surface area contributed by atoms with Crippen molar-refractivity contribution in [2.75, 3.05) is 13.2 Å². The highest BCUT2D eigenvalue weighted by atomic mass is 16.7. The molecule has 3 heteroatoms. The first-order valence-electron chi connectivity index (χ1n) is 5.87. The van der Waals surface area contributed by atoms with Crippen molar-refractivity contribution < 1.29 is 9.47 Å². The summed E-state index contributed by atoms with van der Waals surface area (Å²) < 4.78 is 10.8. The highest BCUT2D eigenvalue weighted by Gasteiger charge is 2.19. The van der Waals surface area contributed by atoms with E-state index >= 15 is 0 Å². The number of aryl methyl sites for hydroxylation is 1. The van der Waals surface area contributed by atoms with Gasteiger partial charge in [-0.2, -0.15) is 0 Å². The standard InChI is InChI=1S/C13H19NO2/c1-2-10-3-5-11(6-4-10)12(14)9-13-15-7-8-16-13/h3-6,12-13H,2,7-9,14H2,1H3. The highest BCUT2D eigenvalue weighted by molar-refractivity contribution is 5.24. The van der Waals surface area contributed by atoms with Crippen LogP contribution in [-0.4, -0.2) is 19.5 Å². The van der Waals surface area contributed by atoms with Crippen molar-refractivity contribution >= 4 is 0 Å². The van der Waals surface area contributed by atoms with Crippen molar-refractivity contribution in [3.63, 3.8) is 0 Å². The maximum Gasteiger partial charge on any atom is 0.159 e. The molecule has 0 aromatic heterocycles.